The number of hydrogen-bond acceptors (Lipinski definition) is 1. The lowest BCUT2D eigenvalue weighted by molar-refractivity contribution is 0.0970. The molecule has 1 aromatic rings. The van der Waals surface area contributed by atoms with Crippen molar-refractivity contribution in [1.29, 1.82) is 0 Å². The van der Waals surface area contributed by atoms with Crippen LogP contribution < -0.4 is 0 Å². The topological polar surface area (TPSA) is 9.23 Å². The minimum absolute atomic E-state index is 0.205. The summed E-state index contributed by atoms with van der Waals surface area (Å²) in [6, 6.07) is 8.65. The van der Waals surface area contributed by atoms with Gasteiger partial charge < -0.3 is 4.74 Å². The lowest BCUT2D eigenvalue weighted by Gasteiger charge is -2.30. The van der Waals surface area contributed by atoms with Crippen molar-refractivity contribution in [2.45, 2.75) is 50.0 Å². The Morgan fingerprint density at radius 2 is 2.06 bits per heavy atom. The molecular weight excluding hydrogens is 244 g/mol. The molecule has 0 N–H and O–H groups in total. The van der Waals surface area contributed by atoms with Crippen LogP contribution in [0.1, 0.15) is 48.6 Å². The molecule has 1 nitrogen and oxygen atoms in total. The van der Waals surface area contributed by atoms with Gasteiger partial charge in [0.25, 0.3) is 0 Å². The summed E-state index contributed by atoms with van der Waals surface area (Å²) in [5.74, 6) is 0.630. The van der Waals surface area contributed by atoms with E-state index in [1.165, 1.54) is 49.7 Å². The van der Waals surface area contributed by atoms with E-state index in [0.717, 1.165) is 6.61 Å². The predicted molar refractivity (Wildman–Crippen MR) is 75.1 cm³/mol. The minimum Gasteiger partial charge on any atom is -0.378 e. The van der Waals surface area contributed by atoms with Crippen LogP contribution in [-0.4, -0.2) is 12.7 Å². The number of hydrogen-bond donors (Lipinski definition) is 0. The van der Waals surface area contributed by atoms with Crippen LogP contribution in [0.25, 0.3) is 0 Å². The van der Waals surface area contributed by atoms with Crippen LogP contribution in [0.3, 0.4) is 0 Å². The van der Waals surface area contributed by atoms with E-state index in [0.29, 0.717) is 12.0 Å². The molecule has 3 unspecified atom stereocenters. The van der Waals surface area contributed by atoms with E-state index in [9.17, 15) is 0 Å². The van der Waals surface area contributed by atoms with Crippen molar-refractivity contribution >= 4 is 11.6 Å². The molecule has 1 heterocycles. The Labute approximate surface area is 114 Å². The molecule has 1 aliphatic carbocycles. The number of ether oxygens (including phenoxy) is 1. The van der Waals surface area contributed by atoms with Crippen LogP contribution >= 0.6 is 11.6 Å². The molecule has 1 aromatic carbocycles. The van der Waals surface area contributed by atoms with Gasteiger partial charge in [-0.15, -0.1) is 11.6 Å². The van der Waals surface area contributed by atoms with Gasteiger partial charge in [0.1, 0.15) is 0 Å². The zero-order valence-electron chi connectivity index (χ0n) is 10.8. The van der Waals surface area contributed by atoms with Crippen LogP contribution in [0.2, 0.25) is 0 Å². The van der Waals surface area contributed by atoms with E-state index in [4.69, 9.17) is 16.3 Å². The van der Waals surface area contributed by atoms with Crippen molar-refractivity contribution in [3.05, 3.63) is 35.4 Å². The summed E-state index contributed by atoms with van der Waals surface area (Å²) in [4.78, 5) is 0. The standard InChI is InChI=1S/C16H21ClO/c17-16-13(9-10-14-5-3-11-18-14)8-7-12-4-1-2-6-15(12)16/h1-2,4,6,13-14,16H,3,5,7-11H2. The lowest BCUT2D eigenvalue weighted by atomic mass is 9.80. The maximum absolute atomic E-state index is 6.66. The monoisotopic (exact) mass is 264 g/mol. The molecule has 18 heavy (non-hydrogen) atoms. The Kier molecular flexibility index (Phi) is 3.91. The highest BCUT2D eigenvalue weighted by Crippen LogP contribution is 2.41. The SMILES string of the molecule is ClC1c2ccccc2CCC1CCC1CCCO1. The predicted octanol–water partition coefficient (Wildman–Crippen LogP) is 4.49. The van der Waals surface area contributed by atoms with Gasteiger partial charge in [0.2, 0.25) is 0 Å². The highest BCUT2D eigenvalue weighted by atomic mass is 35.5. The van der Waals surface area contributed by atoms with Gasteiger partial charge in [0, 0.05) is 6.61 Å². The number of aryl methyl sites for hydroxylation is 1. The van der Waals surface area contributed by atoms with Gasteiger partial charge in [-0.25, -0.2) is 0 Å². The van der Waals surface area contributed by atoms with Crippen molar-refractivity contribution in [2.75, 3.05) is 6.61 Å². The number of fused-ring (bicyclic) bond motifs is 1. The number of halogens is 1. The van der Waals surface area contributed by atoms with Crippen LogP contribution in [0.4, 0.5) is 0 Å². The smallest absolute Gasteiger partial charge is 0.0616 e. The molecule has 1 aliphatic heterocycles. The number of alkyl halides is 1. The highest BCUT2D eigenvalue weighted by molar-refractivity contribution is 6.21. The zero-order chi connectivity index (χ0) is 12.4. The molecule has 1 saturated heterocycles. The van der Waals surface area contributed by atoms with Gasteiger partial charge in [0.15, 0.2) is 0 Å². The van der Waals surface area contributed by atoms with Crippen molar-refractivity contribution in [3.8, 4) is 0 Å². The molecule has 0 saturated carbocycles. The van der Waals surface area contributed by atoms with Gasteiger partial charge in [-0.05, 0) is 55.6 Å². The molecule has 98 valence electrons. The van der Waals surface area contributed by atoms with E-state index in [1.54, 1.807) is 0 Å². The summed E-state index contributed by atoms with van der Waals surface area (Å²) in [7, 11) is 0. The zero-order valence-corrected chi connectivity index (χ0v) is 11.5. The Balaban J connectivity index is 1.61. The Hall–Kier alpha value is -0.530. The van der Waals surface area contributed by atoms with Crippen LogP contribution in [0, 0.1) is 5.92 Å². The van der Waals surface area contributed by atoms with Crippen molar-refractivity contribution in [1.82, 2.24) is 0 Å². The first kappa shape index (κ1) is 12.5. The van der Waals surface area contributed by atoms with Crippen LogP contribution in [0.5, 0.6) is 0 Å². The molecule has 0 radical (unpaired) electrons. The maximum atomic E-state index is 6.66. The van der Waals surface area contributed by atoms with Gasteiger partial charge >= 0.3 is 0 Å². The van der Waals surface area contributed by atoms with Gasteiger partial charge in [0.05, 0.1) is 11.5 Å². The summed E-state index contributed by atoms with van der Waals surface area (Å²) in [6.45, 7) is 0.961. The summed E-state index contributed by atoms with van der Waals surface area (Å²) in [5, 5.41) is 0.205. The third-order valence-corrected chi connectivity index (χ3v) is 5.03. The first-order valence-electron chi connectivity index (χ1n) is 7.18. The Morgan fingerprint density at radius 1 is 1.17 bits per heavy atom. The molecule has 0 aromatic heterocycles. The Bertz CT molecular complexity index is 398. The second-order valence-corrected chi connectivity index (χ2v) is 6.08. The molecule has 3 atom stereocenters. The summed E-state index contributed by atoms with van der Waals surface area (Å²) < 4.78 is 5.71. The van der Waals surface area contributed by atoms with Gasteiger partial charge in [-0.2, -0.15) is 0 Å². The van der Waals surface area contributed by atoms with E-state index in [1.807, 2.05) is 0 Å². The summed E-state index contributed by atoms with van der Waals surface area (Å²) in [5.41, 5.74) is 2.81. The van der Waals surface area contributed by atoms with E-state index >= 15 is 0 Å². The normalized spacial score (nSPS) is 31.3. The van der Waals surface area contributed by atoms with Gasteiger partial charge in [-0.3, -0.25) is 0 Å². The molecule has 0 amide bonds. The third-order valence-electron chi connectivity index (χ3n) is 4.43. The first-order valence-corrected chi connectivity index (χ1v) is 7.61. The van der Waals surface area contributed by atoms with Crippen molar-refractivity contribution in [3.63, 3.8) is 0 Å². The van der Waals surface area contributed by atoms with Crippen molar-refractivity contribution in [2.24, 2.45) is 5.92 Å². The van der Waals surface area contributed by atoms with Crippen LogP contribution in [-0.2, 0) is 11.2 Å². The van der Waals surface area contributed by atoms with E-state index in [-0.39, 0.29) is 5.38 Å². The number of rotatable bonds is 3. The third kappa shape index (κ3) is 2.57. The average molecular weight is 265 g/mol. The highest BCUT2D eigenvalue weighted by Gasteiger charge is 2.28. The van der Waals surface area contributed by atoms with Crippen LogP contribution in [0.15, 0.2) is 24.3 Å². The first-order chi connectivity index (χ1) is 8.84. The number of benzene rings is 1. The fraction of sp³-hybridized carbons (Fsp3) is 0.625. The maximum Gasteiger partial charge on any atom is 0.0616 e. The second-order valence-electron chi connectivity index (χ2n) is 5.61. The summed E-state index contributed by atoms with van der Waals surface area (Å²) >= 11 is 6.66. The Morgan fingerprint density at radius 3 is 2.89 bits per heavy atom. The molecule has 1 fully saturated rings. The largest absolute Gasteiger partial charge is 0.378 e. The molecular formula is C16H21ClO. The summed E-state index contributed by atoms with van der Waals surface area (Å²) in [6.07, 6.45) is 7.82. The average Bonchev–Trinajstić information content (AvgIpc) is 2.91. The molecule has 2 aliphatic rings. The molecule has 3 rings (SSSR count). The minimum atomic E-state index is 0.205. The molecule has 2 heteroatoms. The van der Waals surface area contributed by atoms with E-state index < -0.39 is 0 Å². The van der Waals surface area contributed by atoms with Gasteiger partial charge in [-0.1, -0.05) is 24.3 Å². The molecule has 0 spiro atoms. The quantitative estimate of drug-likeness (QED) is 0.731. The molecule has 0 bridgehead atoms. The fourth-order valence-corrected chi connectivity index (χ4v) is 3.80. The lowest BCUT2D eigenvalue weighted by Crippen LogP contribution is -2.19. The fourth-order valence-electron chi connectivity index (χ4n) is 3.33. The second kappa shape index (κ2) is 5.63. The van der Waals surface area contributed by atoms with Crippen molar-refractivity contribution < 1.29 is 4.74 Å². The van der Waals surface area contributed by atoms with E-state index in [2.05, 4.69) is 24.3 Å².